The lowest BCUT2D eigenvalue weighted by atomic mass is 10.2. The van der Waals surface area contributed by atoms with Crippen LogP contribution in [0.25, 0.3) is 0 Å². The van der Waals surface area contributed by atoms with Crippen molar-refractivity contribution < 1.29 is 4.79 Å². The molecule has 3 N–H and O–H groups in total. The predicted octanol–water partition coefficient (Wildman–Crippen LogP) is 0.919. The van der Waals surface area contributed by atoms with Crippen molar-refractivity contribution >= 4 is 17.2 Å². The van der Waals surface area contributed by atoms with Crippen LogP contribution >= 0.6 is 11.3 Å². The van der Waals surface area contributed by atoms with Gasteiger partial charge in [0.15, 0.2) is 0 Å². The number of carbonyl (C=O) groups excluding carboxylic acids is 1. The molecule has 0 aliphatic heterocycles. The number of aromatic nitrogens is 1. The summed E-state index contributed by atoms with van der Waals surface area (Å²) in [6.07, 6.45) is 0.795. The third-order valence-corrected chi connectivity index (χ3v) is 2.76. The summed E-state index contributed by atoms with van der Waals surface area (Å²) in [4.78, 5) is 16.2. The molecule has 0 bridgehead atoms. The molecule has 1 aromatic heterocycles. The summed E-state index contributed by atoms with van der Waals surface area (Å²) >= 11 is 1.36. The third-order valence-electron chi connectivity index (χ3n) is 1.84. The second-order valence-electron chi connectivity index (χ2n) is 3.29. The number of aryl methyl sites for hydroxylation is 1. The molecular formula is C9H15N3OS. The topological polar surface area (TPSA) is 68.0 Å². The molecule has 1 unspecified atom stereocenters. The van der Waals surface area contributed by atoms with Gasteiger partial charge in [-0.3, -0.25) is 4.79 Å². The predicted molar refractivity (Wildman–Crippen MR) is 57.5 cm³/mol. The molecule has 0 aromatic carbocycles. The molecule has 14 heavy (non-hydrogen) atoms. The number of hydrogen-bond donors (Lipinski definition) is 2. The molecule has 1 heterocycles. The number of nitrogens with zero attached hydrogens (tertiary/aromatic N) is 1. The number of hydrogen-bond acceptors (Lipinski definition) is 4. The van der Waals surface area contributed by atoms with Crippen LogP contribution in [0, 0.1) is 6.92 Å². The average molecular weight is 213 g/mol. The molecule has 0 aliphatic carbocycles. The first-order chi connectivity index (χ1) is 6.61. The zero-order chi connectivity index (χ0) is 10.6. The Bertz CT molecular complexity index is 309. The van der Waals surface area contributed by atoms with Crippen molar-refractivity contribution in [2.24, 2.45) is 5.73 Å². The van der Waals surface area contributed by atoms with Gasteiger partial charge < -0.3 is 11.1 Å². The van der Waals surface area contributed by atoms with Crippen LogP contribution in [0.1, 0.15) is 28.7 Å². The summed E-state index contributed by atoms with van der Waals surface area (Å²) < 4.78 is 0. The molecule has 1 amide bonds. The van der Waals surface area contributed by atoms with Gasteiger partial charge >= 0.3 is 0 Å². The summed E-state index contributed by atoms with van der Waals surface area (Å²) in [6, 6.07) is 0.123. The van der Waals surface area contributed by atoms with E-state index in [0.717, 1.165) is 12.1 Å². The highest BCUT2D eigenvalue weighted by atomic mass is 32.1. The molecule has 1 atom stereocenters. The fourth-order valence-electron chi connectivity index (χ4n) is 1.01. The largest absolute Gasteiger partial charge is 0.351 e. The molecule has 0 radical (unpaired) electrons. The maximum Gasteiger partial charge on any atom is 0.263 e. The Hall–Kier alpha value is -0.940. The Kier molecular flexibility index (Phi) is 4.03. The molecule has 0 saturated carbocycles. The molecule has 0 fully saturated rings. The summed E-state index contributed by atoms with van der Waals surface area (Å²) in [7, 11) is 0. The molecule has 4 nitrogen and oxygen atoms in total. The second-order valence-corrected chi connectivity index (χ2v) is 4.14. The number of amides is 1. The van der Waals surface area contributed by atoms with Crippen molar-refractivity contribution in [3.63, 3.8) is 0 Å². The normalized spacial score (nSPS) is 12.5. The van der Waals surface area contributed by atoms with E-state index in [0.29, 0.717) is 11.4 Å². The molecular weight excluding hydrogens is 198 g/mol. The van der Waals surface area contributed by atoms with Crippen LogP contribution in [0.4, 0.5) is 0 Å². The summed E-state index contributed by atoms with van der Waals surface area (Å²) in [5.74, 6) is -0.0503. The van der Waals surface area contributed by atoms with Gasteiger partial charge in [0.2, 0.25) is 0 Å². The number of carbonyl (C=O) groups is 1. The Morgan fingerprint density at radius 3 is 3.00 bits per heavy atom. The first kappa shape index (κ1) is 11.1. The van der Waals surface area contributed by atoms with Crippen LogP contribution in [-0.4, -0.2) is 23.5 Å². The minimum absolute atomic E-state index is 0.0503. The second kappa shape index (κ2) is 5.07. The summed E-state index contributed by atoms with van der Waals surface area (Å²) in [5, 5.41) is 2.81. The lowest BCUT2D eigenvalue weighted by molar-refractivity contribution is 0.0956. The molecule has 1 aromatic rings. The molecule has 0 aliphatic rings. The van der Waals surface area contributed by atoms with Gasteiger partial charge in [-0.05, 0) is 20.3 Å². The Labute approximate surface area is 87.5 Å². The highest BCUT2D eigenvalue weighted by Gasteiger charge is 2.10. The van der Waals surface area contributed by atoms with Crippen molar-refractivity contribution in [3.05, 3.63) is 16.1 Å². The first-order valence-electron chi connectivity index (χ1n) is 4.55. The van der Waals surface area contributed by atoms with E-state index in [1.54, 1.807) is 5.51 Å². The van der Waals surface area contributed by atoms with Gasteiger partial charge in [-0.15, -0.1) is 11.3 Å². The highest BCUT2D eigenvalue weighted by Crippen LogP contribution is 2.11. The van der Waals surface area contributed by atoms with Gasteiger partial charge in [0.1, 0.15) is 4.88 Å². The van der Waals surface area contributed by atoms with Crippen LogP contribution < -0.4 is 11.1 Å². The molecule has 0 saturated heterocycles. The Morgan fingerprint density at radius 2 is 2.50 bits per heavy atom. The third kappa shape index (κ3) is 3.08. The van der Waals surface area contributed by atoms with Gasteiger partial charge in [-0.25, -0.2) is 4.98 Å². The zero-order valence-corrected chi connectivity index (χ0v) is 9.23. The maximum atomic E-state index is 11.5. The van der Waals surface area contributed by atoms with E-state index in [1.807, 2.05) is 13.8 Å². The lowest BCUT2D eigenvalue weighted by Gasteiger charge is -2.06. The Balaban J connectivity index is 2.40. The minimum Gasteiger partial charge on any atom is -0.351 e. The van der Waals surface area contributed by atoms with Crippen LogP contribution in [-0.2, 0) is 0 Å². The van der Waals surface area contributed by atoms with Gasteiger partial charge in [0, 0.05) is 12.6 Å². The van der Waals surface area contributed by atoms with Crippen LogP contribution in [0.3, 0.4) is 0 Å². The van der Waals surface area contributed by atoms with E-state index in [1.165, 1.54) is 11.3 Å². The van der Waals surface area contributed by atoms with Crippen LogP contribution in [0.15, 0.2) is 5.51 Å². The quantitative estimate of drug-likeness (QED) is 0.781. The van der Waals surface area contributed by atoms with E-state index in [4.69, 9.17) is 5.73 Å². The maximum absolute atomic E-state index is 11.5. The number of nitrogens with one attached hydrogen (secondary N) is 1. The molecule has 1 rings (SSSR count). The van der Waals surface area contributed by atoms with Crippen molar-refractivity contribution in [3.8, 4) is 0 Å². The van der Waals surface area contributed by atoms with E-state index < -0.39 is 0 Å². The van der Waals surface area contributed by atoms with Crippen LogP contribution in [0.2, 0.25) is 0 Å². The lowest BCUT2D eigenvalue weighted by Crippen LogP contribution is -2.28. The van der Waals surface area contributed by atoms with E-state index in [2.05, 4.69) is 10.3 Å². The van der Waals surface area contributed by atoms with Crippen molar-refractivity contribution in [1.29, 1.82) is 0 Å². The molecule has 5 heteroatoms. The van der Waals surface area contributed by atoms with E-state index in [-0.39, 0.29) is 11.9 Å². The van der Waals surface area contributed by atoms with Crippen LogP contribution in [0.5, 0.6) is 0 Å². The fourth-order valence-corrected chi connectivity index (χ4v) is 1.73. The number of nitrogens with two attached hydrogens (primary N) is 1. The van der Waals surface area contributed by atoms with Crippen molar-refractivity contribution in [2.75, 3.05) is 6.54 Å². The number of thiazole rings is 1. The SMILES string of the molecule is Cc1ncsc1C(=O)NCCC(C)N. The summed E-state index contributed by atoms with van der Waals surface area (Å²) in [6.45, 7) is 4.37. The summed E-state index contributed by atoms with van der Waals surface area (Å²) in [5.41, 5.74) is 8.03. The number of rotatable bonds is 4. The average Bonchev–Trinajstić information content (AvgIpc) is 2.50. The van der Waals surface area contributed by atoms with Gasteiger partial charge in [0.25, 0.3) is 5.91 Å². The van der Waals surface area contributed by atoms with Gasteiger partial charge in [-0.1, -0.05) is 0 Å². The fraction of sp³-hybridized carbons (Fsp3) is 0.556. The minimum atomic E-state index is -0.0503. The Morgan fingerprint density at radius 1 is 1.79 bits per heavy atom. The monoisotopic (exact) mass is 213 g/mol. The smallest absolute Gasteiger partial charge is 0.263 e. The molecule has 78 valence electrons. The van der Waals surface area contributed by atoms with E-state index >= 15 is 0 Å². The van der Waals surface area contributed by atoms with Gasteiger partial charge in [-0.2, -0.15) is 0 Å². The van der Waals surface area contributed by atoms with Gasteiger partial charge in [0.05, 0.1) is 11.2 Å². The van der Waals surface area contributed by atoms with E-state index in [9.17, 15) is 4.79 Å². The van der Waals surface area contributed by atoms with Crippen molar-refractivity contribution in [1.82, 2.24) is 10.3 Å². The highest BCUT2D eigenvalue weighted by molar-refractivity contribution is 7.11. The molecule has 0 spiro atoms. The standard InChI is InChI=1S/C9H15N3OS/c1-6(10)3-4-11-9(13)8-7(2)12-5-14-8/h5-6H,3-4,10H2,1-2H3,(H,11,13). The van der Waals surface area contributed by atoms with Crippen molar-refractivity contribution in [2.45, 2.75) is 26.3 Å². The first-order valence-corrected chi connectivity index (χ1v) is 5.43. The zero-order valence-electron chi connectivity index (χ0n) is 8.41.